The highest BCUT2D eigenvalue weighted by atomic mass is 16.3. The van der Waals surface area contributed by atoms with Gasteiger partial charge in [0.15, 0.2) is 0 Å². The number of aryl methyl sites for hydroxylation is 1. The van der Waals surface area contributed by atoms with Gasteiger partial charge in [-0.05, 0) is 42.9 Å². The Morgan fingerprint density at radius 1 is 1.50 bits per heavy atom. The Labute approximate surface area is 109 Å². The van der Waals surface area contributed by atoms with E-state index in [2.05, 4.69) is 22.7 Å². The Hall–Kier alpha value is -1.53. The molecule has 0 spiro atoms. The van der Waals surface area contributed by atoms with Gasteiger partial charge in [0.05, 0.1) is 13.2 Å². The van der Waals surface area contributed by atoms with Crippen LogP contribution in [0.2, 0.25) is 0 Å². The molecule has 1 N–H and O–H groups in total. The zero-order valence-electron chi connectivity index (χ0n) is 10.9. The van der Waals surface area contributed by atoms with Crippen molar-refractivity contribution in [2.45, 2.75) is 32.8 Å². The maximum Gasteiger partial charge on any atom is 0.129 e. The van der Waals surface area contributed by atoms with Gasteiger partial charge in [0.2, 0.25) is 0 Å². The number of rotatable bonds is 6. The summed E-state index contributed by atoms with van der Waals surface area (Å²) in [5.41, 5.74) is 1.92. The third-order valence-corrected chi connectivity index (χ3v) is 3.25. The predicted molar refractivity (Wildman–Crippen MR) is 73.3 cm³/mol. The van der Waals surface area contributed by atoms with Crippen LogP contribution in [0.5, 0.6) is 0 Å². The van der Waals surface area contributed by atoms with Crippen molar-refractivity contribution in [1.29, 1.82) is 0 Å². The van der Waals surface area contributed by atoms with Gasteiger partial charge in [0, 0.05) is 12.2 Å². The van der Waals surface area contributed by atoms with Crippen LogP contribution in [-0.4, -0.2) is 23.2 Å². The summed E-state index contributed by atoms with van der Waals surface area (Å²) in [6.45, 7) is 3.69. The van der Waals surface area contributed by atoms with Crippen molar-refractivity contribution in [3.63, 3.8) is 0 Å². The van der Waals surface area contributed by atoms with Crippen LogP contribution in [-0.2, 0) is 13.0 Å². The molecule has 1 aromatic rings. The van der Waals surface area contributed by atoms with Gasteiger partial charge in [-0.2, -0.15) is 0 Å². The SMILES string of the molecule is C#CCN(CC1CC1)c1cc(CO)cc(CC)n1. The number of terminal acetylenes is 1. The number of anilines is 1. The average Bonchev–Trinajstić information content (AvgIpc) is 3.21. The Morgan fingerprint density at radius 2 is 2.28 bits per heavy atom. The van der Waals surface area contributed by atoms with Gasteiger partial charge in [-0.3, -0.25) is 0 Å². The molecule has 1 aliphatic carbocycles. The number of hydrogen-bond donors (Lipinski definition) is 1. The lowest BCUT2D eigenvalue weighted by atomic mass is 10.2. The summed E-state index contributed by atoms with van der Waals surface area (Å²) in [4.78, 5) is 6.77. The standard InChI is InChI=1S/C15H20N2O/c1-3-7-17(10-12-5-6-12)15-9-13(11-18)8-14(4-2)16-15/h1,8-9,12,18H,4-7,10-11H2,2H3. The Bertz CT molecular complexity index is 424. The highest BCUT2D eigenvalue weighted by Crippen LogP contribution is 2.31. The average molecular weight is 244 g/mol. The normalized spacial score (nSPS) is 14.3. The van der Waals surface area contributed by atoms with Crippen molar-refractivity contribution in [2.24, 2.45) is 5.92 Å². The Balaban J connectivity index is 2.23. The van der Waals surface area contributed by atoms with Gasteiger partial charge in [-0.1, -0.05) is 12.8 Å². The molecule has 1 aromatic heterocycles. The lowest BCUT2D eigenvalue weighted by Gasteiger charge is -2.22. The maximum atomic E-state index is 9.30. The van der Waals surface area contributed by atoms with Gasteiger partial charge in [0.25, 0.3) is 0 Å². The molecule has 1 aliphatic rings. The molecule has 1 saturated carbocycles. The molecule has 1 fully saturated rings. The van der Waals surface area contributed by atoms with E-state index in [4.69, 9.17) is 6.42 Å². The number of hydrogen-bond acceptors (Lipinski definition) is 3. The van der Waals surface area contributed by atoms with Crippen molar-refractivity contribution in [2.75, 3.05) is 18.0 Å². The molecule has 0 amide bonds. The summed E-state index contributed by atoms with van der Waals surface area (Å²) in [6, 6.07) is 3.90. The van der Waals surface area contributed by atoms with Crippen molar-refractivity contribution in [1.82, 2.24) is 4.98 Å². The third-order valence-electron chi connectivity index (χ3n) is 3.25. The van der Waals surface area contributed by atoms with Crippen molar-refractivity contribution in [3.05, 3.63) is 23.4 Å². The van der Waals surface area contributed by atoms with Gasteiger partial charge in [0.1, 0.15) is 5.82 Å². The first kappa shape index (κ1) is 12.9. The van der Waals surface area contributed by atoms with E-state index in [1.54, 1.807) is 0 Å². The number of pyridine rings is 1. The third kappa shape index (κ3) is 3.24. The molecule has 3 heteroatoms. The molecule has 1 heterocycles. The van der Waals surface area contributed by atoms with Crippen LogP contribution in [0, 0.1) is 18.3 Å². The largest absolute Gasteiger partial charge is 0.392 e. The van der Waals surface area contributed by atoms with E-state index in [1.165, 1.54) is 12.8 Å². The second-order valence-electron chi connectivity index (χ2n) is 4.86. The van der Waals surface area contributed by atoms with E-state index >= 15 is 0 Å². The molecule has 18 heavy (non-hydrogen) atoms. The zero-order chi connectivity index (χ0) is 13.0. The van der Waals surface area contributed by atoms with Gasteiger partial charge >= 0.3 is 0 Å². The molecule has 0 saturated heterocycles. The van der Waals surface area contributed by atoms with Crippen LogP contribution in [0.3, 0.4) is 0 Å². The summed E-state index contributed by atoms with van der Waals surface area (Å²) in [7, 11) is 0. The second-order valence-corrected chi connectivity index (χ2v) is 4.86. The van der Waals surface area contributed by atoms with Crippen LogP contribution < -0.4 is 4.90 Å². The molecule has 0 radical (unpaired) electrons. The molecule has 0 aromatic carbocycles. The minimum Gasteiger partial charge on any atom is -0.392 e. The van der Waals surface area contributed by atoms with Gasteiger partial charge in [-0.25, -0.2) is 4.98 Å². The van der Waals surface area contributed by atoms with Crippen molar-refractivity contribution >= 4 is 5.82 Å². The molecule has 0 atom stereocenters. The first-order chi connectivity index (χ1) is 8.76. The number of aliphatic hydroxyl groups is 1. The zero-order valence-corrected chi connectivity index (χ0v) is 10.9. The van der Waals surface area contributed by atoms with E-state index in [-0.39, 0.29) is 6.61 Å². The highest BCUT2D eigenvalue weighted by Gasteiger charge is 2.24. The first-order valence-corrected chi connectivity index (χ1v) is 6.56. The van der Waals surface area contributed by atoms with Crippen molar-refractivity contribution in [3.8, 4) is 12.3 Å². The highest BCUT2D eigenvalue weighted by molar-refractivity contribution is 5.44. The first-order valence-electron chi connectivity index (χ1n) is 6.56. The fourth-order valence-electron chi connectivity index (χ4n) is 2.03. The Morgan fingerprint density at radius 3 is 2.83 bits per heavy atom. The molecule has 2 rings (SSSR count). The van der Waals surface area contributed by atoms with Crippen LogP contribution in [0.25, 0.3) is 0 Å². The van der Waals surface area contributed by atoms with Gasteiger partial charge < -0.3 is 10.0 Å². The number of aliphatic hydroxyl groups excluding tert-OH is 1. The van der Waals surface area contributed by atoms with Crippen molar-refractivity contribution < 1.29 is 5.11 Å². The van der Waals surface area contributed by atoms with Gasteiger partial charge in [-0.15, -0.1) is 6.42 Å². The number of aromatic nitrogens is 1. The van der Waals surface area contributed by atoms with E-state index in [1.807, 2.05) is 12.1 Å². The van der Waals surface area contributed by atoms with E-state index in [9.17, 15) is 5.11 Å². The monoisotopic (exact) mass is 244 g/mol. The topological polar surface area (TPSA) is 36.4 Å². The van der Waals surface area contributed by atoms with Crippen LogP contribution in [0.4, 0.5) is 5.82 Å². The van der Waals surface area contributed by atoms with E-state index in [0.717, 1.165) is 36.0 Å². The molecule has 0 bridgehead atoms. The minimum absolute atomic E-state index is 0.0514. The molecule has 96 valence electrons. The van der Waals surface area contributed by atoms with Crippen LogP contribution in [0.15, 0.2) is 12.1 Å². The van der Waals surface area contributed by atoms with Crippen LogP contribution in [0.1, 0.15) is 31.0 Å². The molecular weight excluding hydrogens is 224 g/mol. The fraction of sp³-hybridized carbons (Fsp3) is 0.533. The molecule has 0 unspecified atom stereocenters. The van der Waals surface area contributed by atoms with Crippen LogP contribution >= 0.6 is 0 Å². The summed E-state index contributed by atoms with van der Waals surface area (Å²) < 4.78 is 0. The predicted octanol–water partition coefficient (Wildman–Crippen LogP) is 1.99. The molecular formula is C15H20N2O. The summed E-state index contributed by atoms with van der Waals surface area (Å²) in [5.74, 6) is 4.37. The minimum atomic E-state index is 0.0514. The summed E-state index contributed by atoms with van der Waals surface area (Å²) in [5, 5.41) is 9.30. The summed E-state index contributed by atoms with van der Waals surface area (Å²) >= 11 is 0. The second kappa shape index (κ2) is 5.88. The lowest BCUT2D eigenvalue weighted by Crippen LogP contribution is -2.27. The van der Waals surface area contributed by atoms with E-state index in [0.29, 0.717) is 6.54 Å². The maximum absolute atomic E-state index is 9.30. The molecule has 0 aliphatic heterocycles. The van der Waals surface area contributed by atoms with E-state index < -0.39 is 0 Å². The smallest absolute Gasteiger partial charge is 0.129 e. The lowest BCUT2D eigenvalue weighted by molar-refractivity contribution is 0.281. The number of nitrogens with zero attached hydrogens (tertiary/aromatic N) is 2. The Kier molecular flexibility index (Phi) is 4.22. The molecule has 3 nitrogen and oxygen atoms in total. The summed E-state index contributed by atoms with van der Waals surface area (Å²) in [6.07, 6.45) is 8.89. The fourth-order valence-corrected chi connectivity index (χ4v) is 2.03. The quantitative estimate of drug-likeness (QED) is 0.777.